The second kappa shape index (κ2) is 5.73. The van der Waals surface area contributed by atoms with E-state index in [-0.39, 0.29) is 24.6 Å². The molecule has 2 N–H and O–H groups in total. The third-order valence-corrected chi connectivity index (χ3v) is 3.39. The molecule has 0 bridgehead atoms. The molecule has 19 heavy (non-hydrogen) atoms. The van der Waals surface area contributed by atoms with Crippen LogP contribution in [0.4, 0.5) is 0 Å². The molecule has 1 aliphatic heterocycles. The van der Waals surface area contributed by atoms with E-state index in [0.29, 0.717) is 13.0 Å². The first-order chi connectivity index (χ1) is 9.06. The monoisotopic (exact) mass is 263 g/mol. The zero-order valence-electron chi connectivity index (χ0n) is 10.6. The van der Waals surface area contributed by atoms with Crippen molar-refractivity contribution in [2.45, 2.75) is 19.3 Å². The largest absolute Gasteiger partial charge is 0.508 e. The Hall–Kier alpha value is -2.04. The first-order valence-electron chi connectivity index (χ1n) is 6.35. The summed E-state index contributed by atoms with van der Waals surface area (Å²) in [4.78, 5) is 24.7. The van der Waals surface area contributed by atoms with Gasteiger partial charge in [0.1, 0.15) is 5.75 Å². The Morgan fingerprint density at radius 1 is 1.37 bits per heavy atom. The van der Waals surface area contributed by atoms with Crippen LogP contribution in [-0.4, -0.2) is 40.1 Å². The minimum Gasteiger partial charge on any atom is -0.508 e. The summed E-state index contributed by atoms with van der Waals surface area (Å²) in [5, 5.41) is 18.3. The fourth-order valence-corrected chi connectivity index (χ4v) is 2.36. The van der Waals surface area contributed by atoms with Crippen molar-refractivity contribution in [3.8, 4) is 5.75 Å². The summed E-state index contributed by atoms with van der Waals surface area (Å²) in [5.41, 5.74) is 0.738. The highest BCUT2D eigenvalue weighted by Gasteiger charge is 2.27. The van der Waals surface area contributed by atoms with Crippen molar-refractivity contribution >= 4 is 11.9 Å². The molecule has 1 unspecified atom stereocenters. The summed E-state index contributed by atoms with van der Waals surface area (Å²) in [7, 11) is 0. The second-order valence-corrected chi connectivity index (χ2v) is 4.86. The van der Waals surface area contributed by atoms with Crippen LogP contribution in [0.15, 0.2) is 24.3 Å². The lowest BCUT2D eigenvalue weighted by Gasteiger charge is -2.30. The Balaban J connectivity index is 1.98. The van der Waals surface area contributed by atoms with Crippen LogP contribution in [0.2, 0.25) is 0 Å². The van der Waals surface area contributed by atoms with Gasteiger partial charge in [-0.2, -0.15) is 0 Å². The number of carbonyl (C=O) groups is 2. The zero-order chi connectivity index (χ0) is 13.8. The van der Waals surface area contributed by atoms with Crippen molar-refractivity contribution in [2.24, 2.45) is 5.92 Å². The van der Waals surface area contributed by atoms with E-state index in [9.17, 15) is 14.7 Å². The highest BCUT2D eigenvalue weighted by molar-refractivity contribution is 5.80. The number of hydrogen-bond acceptors (Lipinski definition) is 3. The van der Waals surface area contributed by atoms with Gasteiger partial charge in [0.25, 0.3) is 0 Å². The van der Waals surface area contributed by atoms with Crippen LogP contribution in [0.1, 0.15) is 18.4 Å². The molecule has 1 aliphatic rings. The smallest absolute Gasteiger partial charge is 0.308 e. The Morgan fingerprint density at radius 3 is 2.84 bits per heavy atom. The number of benzene rings is 1. The molecule has 2 rings (SSSR count). The van der Waals surface area contributed by atoms with E-state index in [4.69, 9.17) is 5.11 Å². The van der Waals surface area contributed by atoms with Gasteiger partial charge in [0.2, 0.25) is 5.91 Å². The SMILES string of the molecule is O=C(O)C1CCCN(C(=O)Cc2cccc(O)c2)C1. The van der Waals surface area contributed by atoms with Crippen molar-refractivity contribution in [1.82, 2.24) is 4.90 Å². The summed E-state index contributed by atoms with van der Waals surface area (Å²) in [5.74, 6) is -1.25. The Bertz CT molecular complexity index is 486. The third kappa shape index (κ3) is 3.47. The van der Waals surface area contributed by atoms with E-state index in [1.54, 1.807) is 29.2 Å². The topological polar surface area (TPSA) is 77.8 Å². The molecular weight excluding hydrogens is 246 g/mol. The number of rotatable bonds is 3. The van der Waals surface area contributed by atoms with Gasteiger partial charge in [-0.3, -0.25) is 9.59 Å². The Labute approximate surface area is 111 Å². The number of nitrogens with zero attached hydrogens (tertiary/aromatic N) is 1. The quantitative estimate of drug-likeness (QED) is 0.860. The van der Waals surface area contributed by atoms with Crippen LogP contribution in [-0.2, 0) is 16.0 Å². The summed E-state index contributed by atoms with van der Waals surface area (Å²) in [6.07, 6.45) is 1.55. The normalized spacial score (nSPS) is 19.2. The molecule has 1 saturated heterocycles. The van der Waals surface area contributed by atoms with Gasteiger partial charge < -0.3 is 15.1 Å². The average Bonchev–Trinajstić information content (AvgIpc) is 2.39. The molecule has 5 heteroatoms. The number of likely N-dealkylation sites (tertiary alicyclic amines) is 1. The number of carboxylic acid groups (broad SMARTS) is 1. The van der Waals surface area contributed by atoms with Gasteiger partial charge >= 0.3 is 5.97 Å². The molecule has 102 valence electrons. The molecule has 1 aromatic rings. The van der Waals surface area contributed by atoms with Crippen molar-refractivity contribution in [3.05, 3.63) is 29.8 Å². The molecule has 1 heterocycles. The van der Waals surface area contributed by atoms with Crippen LogP contribution in [0.5, 0.6) is 5.75 Å². The van der Waals surface area contributed by atoms with Gasteiger partial charge in [-0.05, 0) is 30.5 Å². The van der Waals surface area contributed by atoms with Crippen molar-refractivity contribution < 1.29 is 19.8 Å². The number of carboxylic acids is 1. The van der Waals surface area contributed by atoms with Crippen molar-refractivity contribution in [2.75, 3.05) is 13.1 Å². The minimum atomic E-state index is -0.838. The van der Waals surface area contributed by atoms with E-state index in [0.717, 1.165) is 12.0 Å². The molecule has 0 spiro atoms. The molecule has 1 amide bonds. The second-order valence-electron chi connectivity index (χ2n) is 4.86. The van der Waals surface area contributed by atoms with Crippen LogP contribution < -0.4 is 0 Å². The minimum absolute atomic E-state index is 0.0865. The number of aromatic hydroxyl groups is 1. The predicted molar refractivity (Wildman–Crippen MR) is 68.8 cm³/mol. The van der Waals surface area contributed by atoms with Gasteiger partial charge in [0, 0.05) is 13.1 Å². The van der Waals surface area contributed by atoms with E-state index in [1.807, 2.05) is 0 Å². The number of phenolic OH excluding ortho intramolecular Hbond substituents is 1. The first kappa shape index (κ1) is 13.4. The number of amides is 1. The van der Waals surface area contributed by atoms with Gasteiger partial charge in [-0.1, -0.05) is 12.1 Å². The van der Waals surface area contributed by atoms with E-state index in [1.165, 1.54) is 0 Å². The summed E-state index contributed by atoms with van der Waals surface area (Å²) < 4.78 is 0. The lowest BCUT2D eigenvalue weighted by atomic mass is 9.97. The first-order valence-corrected chi connectivity index (χ1v) is 6.35. The Kier molecular flexibility index (Phi) is 4.04. The van der Waals surface area contributed by atoms with E-state index < -0.39 is 11.9 Å². The number of hydrogen-bond donors (Lipinski definition) is 2. The lowest BCUT2D eigenvalue weighted by molar-refractivity contribution is -0.145. The number of carbonyl (C=O) groups excluding carboxylic acids is 1. The van der Waals surface area contributed by atoms with Gasteiger partial charge in [0.05, 0.1) is 12.3 Å². The predicted octanol–water partition coefficient (Wildman–Crippen LogP) is 1.26. The van der Waals surface area contributed by atoms with Crippen LogP contribution in [0.3, 0.4) is 0 Å². The molecule has 5 nitrogen and oxygen atoms in total. The summed E-state index contributed by atoms with van der Waals surface area (Å²) in [6, 6.07) is 6.57. The maximum atomic E-state index is 12.1. The lowest BCUT2D eigenvalue weighted by Crippen LogP contribution is -2.42. The standard InChI is InChI=1S/C14H17NO4/c16-12-5-1-3-10(7-12)8-13(17)15-6-2-4-11(9-15)14(18)19/h1,3,5,7,11,16H,2,4,6,8-9H2,(H,18,19). The molecule has 1 fully saturated rings. The highest BCUT2D eigenvalue weighted by atomic mass is 16.4. The van der Waals surface area contributed by atoms with Crippen LogP contribution in [0, 0.1) is 5.92 Å². The summed E-state index contributed by atoms with van der Waals surface area (Å²) >= 11 is 0. The molecule has 1 atom stereocenters. The van der Waals surface area contributed by atoms with Gasteiger partial charge in [0.15, 0.2) is 0 Å². The Morgan fingerprint density at radius 2 is 2.16 bits per heavy atom. The fraction of sp³-hybridized carbons (Fsp3) is 0.429. The summed E-state index contributed by atoms with van der Waals surface area (Å²) in [6.45, 7) is 0.897. The number of aliphatic carboxylic acids is 1. The van der Waals surface area contributed by atoms with E-state index in [2.05, 4.69) is 0 Å². The maximum absolute atomic E-state index is 12.1. The maximum Gasteiger partial charge on any atom is 0.308 e. The van der Waals surface area contributed by atoms with Crippen LogP contribution >= 0.6 is 0 Å². The van der Waals surface area contributed by atoms with Gasteiger partial charge in [-0.15, -0.1) is 0 Å². The number of piperidine rings is 1. The zero-order valence-corrected chi connectivity index (χ0v) is 10.6. The van der Waals surface area contributed by atoms with Crippen LogP contribution in [0.25, 0.3) is 0 Å². The molecule has 0 aromatic heterocycles. The molecule has 1 aromatic carbocycles. The highest BCUT2D eigenvalue weighted by Crippen LogP contribution is 2.18. The van der Waals surface area contributed by atoms with Gasteiger partial charge in [-0.25, -0.2) is 0 Å². The van der Waals surface area contributed by atoms with Crippen molar-refractivity contribution in [1.29, 1.82) is 0 Å². The molecule has 0 radical (unpaired) electrons. The molecule has 0 saturated carbocycles. The number of phenols is 1. The molecular formula is C14H17NO4. The molecule has 0 aliphatic carbocycles. The average molecular weight is 263 g/mol. The third-order valence-electron chi connectivity index (χ3n) is 3.39. The van der Waals surface area contributed by atoms with E-state index >= 15 is 0 Å². The fourth-order valence-electron chi connectivity index (χ4n) is 2.36. The van der Waals surface area contributed by atoms with Crippen molar-refractivity contribution in [3.63, 3.8) is 0 Å².